The van der Waals surface area contributed by atoms with E-state index in [1.165, 1.54) is 41.5 Å². The van der Waals surface area contributed by atoms with E-state index in [1.807, 2.05) is 0 Å². The smallest absolute Gasteiger partial charge is 0.0804 e. The quantitative estimate of drug-likeness (QED) is 0.536. The molecule has 0 aliphatic heterocycles. The molecule has 0 saturated carbocycles. The average Bonchev–Trinajstić information content (AvgIpc) is 3.06. The minimum absolute atomic E-state index is 1.10. The van der Waals surface area contributed by atoms with Crippen LogP contribution >= 0.6 is 0 Å². The van der Waals surface area contributed by atoms with E-state index in [2.05, 4.69) is 89.7 Å². The van der Waals surface area contributed by atoms with Gasteiger partial charge in [-0.25, -0.2) is 0 Å². The SMILES string of the molecule is CCCCC1=CCC=C1[Si](C)(c1cc(C)cc(C)c1)c1cc(C)cc(C)c1. The Morgan fingerprint density at radius 2 is 1.22 bits per heavy atom. The van der Waals surface area contributed by atoms with Gasteiger partial charge in [-0.15, -0.1) is 0 Å². The molecule has 2 aromatic carbocycles. The first kappa shape index (κ1) is 19.9. The summed E-state index contributed by atoms with van der Waals surface area (Å²) in [6.07, 6.45) is 9.89. The van der Waals surface area contributed by atoms with Gasteiger partial charge in [0.05, 0.1) is 0 Å². The summed E-state index contributed by atoms with van der Waals surface area (Å²) in [5.74, 6) is 0. The zero-order valence-electron chi connectivity index (χ0n) is 17.9. The van der Waals surface area contributed by atoms with Crippen LogP contribution in [-0.4, -0.2) is 8.07 Å². The van der Waals surface area contributed by atoms with E-state index in [9.17, 15) is 0 Å². The van der Waals surface area contributed by atoms with E-state index in [0.717, 1.165) is 6.42 Å². The summed E-state index contributed by atoms with van der Waals surface area (Å²) in [6.45, 7) is 13.8. The van der Waals surface area contributed by atoms with Crippen molar-refractivity contribution in [1.29, 1.82) is 0 Å². The van der Waals surface area contributed by atoms with Gasteiger partial charge < -0.3 is 0 Å². The molecule has 142 valence electrons. The van der Waals surface area contributed by atoms with Crippen LogP contribution in [0.4, 0.5) is 0 Å². The molecule has 0 radical (unpaired) electrons. The molecule has 0 unspecified atom stereocenters. The molecule has 1 heteroatoms. The molecular formula is C26H34Si. The van der Waals surface area contributed by atoms with Gasteiger partial charge in [-0.3, -0.25) is 0 Å². The van der Waals surface area contributed by atoms with Crippen LogP contribution in [0.2, 0.25) is 6.55 Å². The van der Waals surface area contributed by atoms with Crippen molar-refractivity contribution < 1.29 is 0 Å². The molecule has 0 spiro atoms. The Balaban J connectivity index is 2.22. The zero-order valence-corrected chi connectivity index (χ0v) is 18.9. The molecule has 2 aromatic rings. The monoisotopic (exact) mass is 374 g/mol. The van der Waals surface area contributed by atoms with Crippen molar-refractivity contribution in [1.82, 2.24) is 0 Å². The van der Waals surface area contributed by atoms with E-state index in [4.69, 9.17) is 0 Å². The Morgan fingerprint density at radius 3 is 1.67 bits per heavy atom. The largest absolute Gasteiger partial charge is 0.145 e. The summed E-state index contributed by atoms with van der Waals surface area (Å²) in [7, 11) is -2.01. The van der Waals surface area contributed by atoms with Crippen molar-refractivity contribution in [3.8, 4) is 0 Å². The molecule has 0 bridgehead atoms. The van der Waals surface area contributed by atoms with Gasteiger partial charge in [0.1, 0.15) is 8.07 Å². The molecule has 1 aliphatic rings. The van der Waals surface area contributed by atoms with Crippen LogP contribution in [0.25, 0.3) is 0 Å². The number of aryl methyl sites for hydroxylation is 4. The predicted molar refractivity (Wildman–Crippen MR) is 123 cm³/mol. The molecule has 0 nitrogen and oxygen atoms in total. The minimum atomic E-state index is -2.01. The third-order valence-electron chi connectivity index (χ3n) is 5.97. The maximum absolute atomic E-state index is 2.58. The Bertz CT molecular complexity index is 806. The first-order chi connectivity index (χ1) is 12.8. The van der Waals surface area contributed by atoms with Gasteiger partial charge in [-0.2, -0.15) is 0 Å². The van der Waals surface area contributed by atoms with Crippen LogP contribution in [0.15, 0.2) is 59.3 Å². The molecule has 0 atom stereocenters. The van der Waals surface area contributed by atoms with E-state index >= 15 is 0 Å². The van der Waals surface area contributed by atoms with Crippen molar-refractivity contribution in [2.45, 2.75) is 66.8 Å². The van der Waals surface area contributed by atoms with Crippen molar-refractivity contribution in [3.63, 3.8) is 0 Å². The fraction of sp³-hybridized carbons (Fsp3) is 0.385. The van der Waals surface area contributed by atoms with Crippen molar-refractivity contribution >= 4 is 18.4 Å². The molecule has 0 N–H and O–H groups in total. The van der Waals surface area contributed by atoms with Crippen molar-refractivity contribution in [3.05, 3.63) is 81.6 Å². The second-order valence-corrected chi connectivity index (χ2v) is 12.5. The van der Waals surface area contributed by atoms with E-state index < -0.39 is 8.07 Å². The lowest BCUT2D eigenvalue weighted by molar-refractivity contribution is 0.796. The highest BCUT2D eigenvalue weighted by Crippen LogP contribution is 2.32. The summed E-state index contributed by atoms with van der Waals surface area (Å²) in [6, 6.07) is 14.4. The van der Waals surface area contributed by atoms with E-state index in [1.54, 1.807) is 21.1 Å². The maximum Gasteiger partial charge on any atom is 0.145 e. The lowest BCUT2D eigenvalue weighted by atomic mass is 10.1. The van der Waals surface area contributed by atoms with Gasteiger partial charge in [0.2, 0.25) is 0 Å². The maximum atomic E-state index is 2.58. The third-order valence-corrected chi connectivity index (χ3v) is 10.5. The molecule has 0 aromatic heterocycles. The topological polar surface area (TPSA) is 0 Å². The molecule has 0 heterocycles. The molecule has 3 rings (SSSR count). The molecule has 0 saturated heterocycles. The number of allylic oxidation sites excluding steroid dienone is 4. The number of benzene rings is 2. The molecule has 27 heavy (non-hydrogen) atoms. The number of rotatable bonds is 6. The lowest BCUT2D eigenvalue weighted by Gasteiger charge is -2.33. The van der Waals surface area contributed by atoms with Crippen molar-refractivity contribution in [2.75, 3.05) is 0 Å². The zero-order chi connectivity index (χ0) is 19.6. The fourth-order valence-electron chi connectivity index (χ4n) is 4.69. The second kappa shape index (κ2) is 8.02. The van der Waals surface area contributed by atoms with Gasteiger partial charge in [0, 0.05) is 0 Å². The standard InChI is InChI=1S/C26H34Si/c1-7-8-10-23-11-9-12-26(23)27(6,24-15-19(2)13-20(3)16-24)25-17-21(4)14-22(5)18-25/h11-18H,7-10H2,1-6H3. The lowest BCUT2D eigenvalue weighted by Crippen LogP contribution is -2.58. The van der Waals surface area contributed by atoms with Crippen LogP contribution in [0.1, 0.15) is 54.9 Å². The predicted octanol–water partition coefficient (Wildman–Crippen LogP) is 6.10. The van der Waals surface area contributed by atoms with Gasteiger partial charge >= 0.3 is 0 Å². The highest BCUT2D eigenvalue weighted by Gasteiger charge is 2.38. The van der Waals surface area contributed by atoms with Gasteiger partial charge in [0.25, 0.3) is 0 Å². The van der Waals surface area contributed by atoms with Crippen LogP contribution in [0.5, 0.6) is 0 Å². The Hall–Kier alpha value is -1.86. The summed E-state index contributed by atoms with van der Waals surface area (Å²) < 4.78 is 0. The van der Waals surface area contributed by atoms with Crippen LogP contribution in [0, 0.1) is 27.7 Å². The molecule has 0 amide bonds. The third kappa shape index (κ3) is 4.04. The van der Waals surface area contributed by atoms with Crippen molar-refractivity contribution in [2.24, 2.45) is 0 Å². The summed E-state index contributed by atoms with van der Waals surface area (Å²) in [5, 5.41) is 4.77. The Labute approximate surface area is 167 Å². The van der Waals surface area contributed by atoms with Crippen LogP contribution in [-0.2, 0) is 0 Å². The molecular weight excluding hydrogens is 340 g/mol. The number of hydrogen-bond donors (Lipinski definition) is 0. The van der Waals surface area contributed by atoms with Gasteiger partial charge in [0.15, 0.2) is 0 Å². The highest BCUT2D eigenvalue weighted by molar-refractivity contribution is 7.07. The fourth-order valence-corrected chi connectivity index (χ4v) is 9.11. The van der Waals surface area contributed by atoms with Gasteiger partial charge in [-0.05, 0) is 57.3 Å². The minimum Gasteiger partial charge on any atom is -0.0804 e. The Morgan fingerprint density at radius 1 is 0.741 bits per heavy atom. The van der Waals surface area contributed by atoms with Crippen LogP contribution < -0.4 is 10.4 Å². The van der Waals surface area contributed by atoms with Gasteiger partial charge in [-0.1, -0.05) is 101 Å². The summed E-state index contributed by atoms with van der Waals surface area (Å²) in [4.78, 5) is 0. The molecule has 0 fully saturated rings. The average molecular weight is 375 g/mol. The molecule has 1 aliphatic carbocycles. The van der Waals surface area contributed by atoms with E-state index in [-0.39, 0.29) is 0 Å². The first-order valence-electron chi connectivity index (χ1n) is 10.4. The van der Waals surface area contributed by atoms with Crippen LogP contribution in [0.3, 0.4) is 0 Å². The highest BCUT2D eigenvalue weighted by atomic mass is 28.3. The van der Waals surface area contributed by atoms with E-state index in [0.29, 0.717) is 0 Å². The first-order valence-corrected chi connectivity index (χ1v) is 12.9. The number of hydrogen-bond acceptors (Lipinski definition) is 0. The second-order valence-electron chi connectivity index (χ2n) is 8.56. The number of unbranched alkanes of at least 4 members (excludes halogenated alkanes) is 1. The normalized spacial score (nSPS) is 14.3. The summed E-state index contributed by atoms with van der Waals surface area (Å²) in [5.41, 5.74) is 7.14. The Kier molecular flexibility index (Phi) is 5.91. The summed E-state index contributed by atoms with van der Waals surface area (Å²) >= 11 is 0.